The molecule has 0 spiro atoms. The van der Waals surface area contributed by atoms with Crippen molar-refractivity contribution in [3.63, 3.8) is 0 Å². The summed E-state index contributed by atoms with van der Waals surface area (Å²) in [6.45, 7) is 5.63. The number of hydrogen-bond acceptors (Lipinski definition) is 4. The molecule has 0 aliphatic carbocycles. The molecule has 0 atom stereocenters. The van der Waals surface area contributed by atoms with Crippen LogP contribution in [0.1, 0.15) is 24.2 Å². The van der Waals surface area contributed by atoms with Crippen LogP contribution in [0.5, 0.6) is 0 Å². The van der Waals surface area contributed by atoms with Crippen molar-refractivity contribution in [1.82, 2.24) is 15.2 Å². The fourth-order valence-electron chi connectivity index (χ4n) is 1.45. The Morgan fingerprint density at radius 2 is 2.21 bits per heavy atom. The predicted octanol–water partition coefficient (Wildman–Crippen LogP) is 1.85. The summed E-state index contributed by atoms with van der Waals surface area (Å²) in [5.41, 5.74) is 0.469. The van der Waals surface area contributed by atoms with Crippen LogP contribution in [-0.2, 0) is 0 Å². The zero-order chi connectivity index (χ0) is 14.4. The summed E-state index contributed by atoms with van der Waals surface area (Å²) >= 11 is 5.99. The molecule has 1 amide bonds. The monoisotopic (exact) mass is 284 g/mol. The summed E-state index contributed by atoms with van der Waals surface area (Å²) in [6, 6.07) is 2.07. The maximum absolute atomic E-state index is 11.9. The Kier molecular flexibility index (Phi) is 6.05. The predicted molar refractivity (Wildman–Crippen MR) is 78.9 cm³/mol. The molecule has 0 saturated carbocycles. The number of anilines is 1. The fourth-order valence-corrected chi connectivity index (χ4v) is 1.71. The lowest BCUT2D eigenvalue weighted by molar-refractivity contribution is 0.0947. The highest BCUT2D eigenvalue weighted by atomic mass is 35.5. The number of halogens is 1. The van der Waals surface area contributed by atoms with Crippen molar-refractivity contribution < 1.29 is 4.79 Å². The Morgan fingerprint density at radius 1 is 1.53 bits per heavy atom. The summed E-state index contributed by atoms with van der Waals surface area (Å²) in [6.07, 6.45) is 1.51. The smallest absolute Gasteiger partial charge is 0.252 e. The van der Waals surface area contributed by atoms with Crippen LogP contribution in [0.2, 0.25) is 5.02 Å². The van der Waals surface area contributed by atoms with E-state index in [0.717, 1.165) is 6.54 Å². The van der Waals surface area contributed by atoms with E-state index in [9.17, 15) is 4.79 Å². The van der Waals surface area contributed by atoms with Crippen LogP contribution >= 0.6 is 11.6 Å². The first-order valence-corrected chi connectivity index (χ1v) is 6.65. The SMILES string of the molecule is CNc1ncc(C(=O)NCCN(C)C(C)C)cc1Cl. The number of carbonyl (C=O) groups is 1. The minimum atomic E-state index is -0.158. The summed E-state index contributed by atoms with van der Waals surface area (Å²) in [4.78, 5) is 18.1. The molecule has 5 nitrogen and oxygen atoms in total. The lowest BCUT2D eigenvalue weighted by atomic mass is 10.2. The van der Waals surface area contributed by atoms with Gasteiger partial charge in [-0.15, -0.1) is 0 Å². The number of rotatable bonds is 6. The van der Waals surface area contributed by atoms with Gasteiger partial charge in [-0.25, -0.2) is 4.98 Å². The molecule has 19 heavy (non-hydrogen) atoms. The molecule has 0 aromatic carbocycles. The maximum Gasteiger partial charge on any atom is 0.252 e. The standard InChI is InChI=1S/C13H21ClN4O/c1-9(2)18(4)6-5-16-13(19)10-7-11(14)12(15-3)17-8-10/h7-9H,5-6H2,1-4H3,(H,15,17)(H,16,19). The molecule has 0 radical (unpaired) electrons. The molecule has 1 rings (SSSR count). The molecule has 0 fully saturated rings. The van der Waals surface area contributed by atoms with E-state index in [-0.39, 0.29) is 5.91 Å². The van der Waals surface area contributed by atoms with Gasteiger partial charge in [0.1, 0.15) is 5.82 Å². The molecule has 0 aliphatic rings. The van der Waals surface area contributed by atoms with E-state index >= 15 is 0 Å². The van der Waals surface area contributed by atoms with Gasteiger partial charge < -0.3 is 15.5 Å². The van der Waals surface area contributed by atoms with Crippen LogP contribution in [0.25, 0.3) is 0 Å². The van der Waals surface area contributed by atoms with Crippen LogP contribution in [-0.4, -0.2) is 49.0 Å². The molecule has 6 heteroatoms. The Labute approximate surface area is 119 Å². The van der Waals surface area contributed by atoms with E-state index in [1.165, 1.54) is 6.20 Å². The molecule has 1 aromatic heterocycles. The molecular formula is C13H21ClN4O. The lowest BCUT2D eigenvalue weighted by Gasteiger charge is -2.20. The summed E-state index contributed by atoms with van der Waals surface area (Å²) in [5.74, 6) is 0.409. The average Bonchev–Trinajstić information content (AvgIpc) is 2.38. The quantitative estimate of drug-likeness (QED) is 0.837. The number of carbonyl (C=O) groups excluding carboxylic acids is 1. The Balaban J connectivity index is 2.52. The molecule has 1 aromatic rings. The van der Waals surface area contributed by atoms with Gasteiger partial charge in [-0.05, 0) is 27.0 Å². The second-order valence-electron chi connectivity index (χ2n) is 4.63. The van der Waals surface area contributed by atoms with Gasteiger partial charge in [0, 0.05) is 32.4 Å². The number of pyridine rings is 1. The number of nitrogens with zero attached hydrogens (tertiary/aromatic N) is 2. The number of likely N-dealkylation sites (N-methyl/N-ethyl adjacent to an activating group) is 1. The number of aromatic nitrogens is 1. The second-order valence-corrected chi connectivity index (χ2v) is 5.04. The molecular weight excluding hydrogens is 264 g/mol. The molecule has 106 valence electrons. The van der Waals surface area contributed by atoms with Gasteiger partial charge in [0.2, 0.25) is 0 Å². The Bertz CT molecular complexity index is 437. The molecule has 0 unspecified atom stereocenters. The summed E-state index contributed by atoms with van der Waals surface area (Å²) < 4.78 is 0. The first-order valence-electron chi connectivity index (χ1n) is 6.27. The third kappa shape index (κ3) is 4.69. The van der Waals surface area contributed by atoms with Crippen LogP contribution < -0.4 is 10.6 Å². The third-order valence-electron chi connectivity index (χ3n) is 2.97. The van der Waals surface area contributed by atoms with Crippen LogP contribution in [0, 0.1) is 0 Å². The van der Waals surface area contributed by atoms with Crippen molar-refractivity contribution in [2.24, 2.45) is 0 Å². The molecule has 0 aliphatic heterocycles. The van der Waals surface area contributed by atoms with E-state index in [0.29, 0.717) is 29.0 Å². The van der Waals surface area contributed by atoms with E-state index in [1.807, 2.05) is 7.05 Å². The van der Waals surface area contributed by atoms with Crippen molar-refractivity contribution in [1.29, 1.82) is 0 Å². The zero-order valence-corrected chi connectivity index (χ0v) is 12.6. The van der Waals surface area contributed by atoms with Gasteiger partial charge in [0.05, 0.1) is 10.6 Å². The molecule has 1 heterocycles. The van der Waals surface area contributed by atoms with Gasteiger partial charge in [-0.3, -0.25) is 4.79 Å². The van der Waals surface area contributed by atoms with E-state index < -0.39 is 0 Å². The van der Waals surface area contributed by atoms with E-state index in [1.54, 1.807) is 13.1 Å². The Morgan fingerprint density at radius 3 is 2.74 bits per heavy atom. The average molecular weight is 285 g/mol. The van der Waals surface area contributed by atoms with Crippen molar-refractivity contribution in [2.45, 2.75) is 19.9 Å². The molecule has 0 saturated heterocycles. The molecule has 0 bridgehead atoms. The van der Waals surface area contributed by atoms with Gasteiger partial charge in [-0.1, -0.05) is 11.6 Å². The van der Waals surface area contributed by atoms with Gasteiger partial charge >= 0.3 is 0 Å². The maximum atomic E-state index is 11.9. The highest BCUT2D eigenvalue weighted by Gasteiger charge is 2.09. The first-order chi connectivity index (χ1) is 8.95. The normalized spacial score (nSPS) is 10.9. The minimum absolute atomic E-state index is 0.158. The summed E-state index contributed by atoms with van der Waals surface area (Å²) in [7, 11) is 3.76. The number of hydrogen-bond donors (Lipinski definition) is 2. The van der Waals surface area contributed by atoms with Crippen molar-refractivity contribution >= 4 is 23.3 Å². The van der Waals surface area contributed by atoms with Crippen LogP contribution in [0.4, 0.5) is 5.82 Å². The third-order valence-corrected chi connectivity index (χ3v) is 3.26. The molecule has 2 N–H and O–H groups in total. The van der Waals surface area contributed by atoms with Crippen LogP contribution in [0.15, 0.2) is 12.3 Å². The minimum Gasteiger partial charge on any atom is -0.372 e. The van der Waals surface area contributed by atoms with Crippen LogP contribution in [0.3, 0.4) is 0 Å². The lowest BCUT2D eigenvalue weighted by Crippen LogP contribution is -2.36. The largest absolute Gasteiger partial charge is 0.372 e. The second kappa shape index (κ2) is 7.31. The van der Waals surface area contributed by atoms with Crippen molar-refractivity contribution in [3.05, 3.63) is 22.8 Å². The topological polar surface area (TPSA) is 57.3 Å². The van der Waals surface area contributed by atoms with E-state index in [4.69, 9.17) is 11.6 Å². The fraction of sp³-hybridized carbons (Fsp3) is 0.538. The van der Waals surface area contributed by atoms with E-state index in [2.05, 4.69) is 34.4 Å². The first kappa shape index (κ1) is 15.7. The van der Waals surface area contributed by atoms with Crippen molar-refractivity contribution in [3.8, 4) is 0 Å². The van der Waals surface area contributed by atoms with Gasteiger partial charge in [-0.2, -0.15) is 0 Å². The van der Waals surface area contributed by atoms with Gasteiger partial charge in [0.25, 0.3) is 5.91 Å². The Hall–Kier alpha value is -1.33. The van der Waals surface area contributed by atoms with Crippen molar-refractivity contribution in [2.75, 3.05) is 32.5 Å². The summed E-state index contributed by atoms with van der Waals surface area (Å²) in [5, 5.41) is 6.14. The zero-order valence-electron chi connectivity index (χ0n) is 11.8. The number of amides is 1. The highest BCUT2D eigenvalue weighted by Crippen LogP contribution is 2.19. The number of nitrogens with one attached hydrogen (secondary N) is 2. The highest BCUT2D eigenvalue weighted by molar-refractivity contribution is 6.33. The van der Waals surface area contributed by atoms with Gasteiger partial charge in [0.15, 0.2) is 0 Å².